The van der Waals surface area contributed by atoms with Crippen molar-refractivity contribution in [3.63, 3.8) is 0 Å². The van der Waals surface area contributed by atoms with Gasteiger partial charge in [-0.05, 0) is 66.1 Å². The van der Waals surface area contributed by atoms with Gasteiger partial charge in [0.1, 0.15) is 0 Å². The summed E-state index contributed by atoms with van der Waals surface area (Å²) in [6, 6.07) is 5.37. The Bertz CT molecular complexity index is 560. The van der Waals surface area contributed by atoms with Gasteiger partial charge in [0.15, 0.2) is 0 Å². The first-order valence-electron chi connectivity index (χ1n) is 6.23. The minimum absolute atomic E-state index is 0.0654. The lowest BCUT2D eigenvalue weighted by Crippen LogP contribution is -2.33. The number of sulfonamides is 1. The second kappa shape index (κ2) is 6.16. The van der Waals surface area contributed by atoms with Gasteiger partial charge in [0.05, 0.1) is 4.90 Å². The van der Waals surface area contributed by atoms with Crippen LogP contribution in [0.1, 0.15) is 24.8 Å². The van der Waals surface area contributed by atoms with E-state index in [2.05, 4.69) is 26.9 Å². The Kier molecular flexibility index (Phi) is 4.98. The van der Waals surface area contributed by atoms with Crippen molar-refractivity contribution in [1.29, 1.82) is 0 Å². The molecule has 0 spiro atoms. The van der Waals surface area contributed by atoms with Crippen molar-refractivity contribution in [2.45, 2.75) is 42.4 Å². The van der Waals surface area contributed by atoms with E-state index in [0.29, 0.717) is 14.6 Å². The molecule has 19 heavy (non-hydrogen) atoms. The van der Waals surface area contributed by atoms with Crippen molar-refractivity contribution >= 4 is 37.7 Å². The summed E-state index contributed by atoms with van der Waals surface area (Å²) in [6.07, 6.45) is 5.01. The molecular formula is C13H18BrNO2S2. The van der Waals surface area contributed by atoms with E-state index >= 15 is 0 Å². The zero-order valence-corrected chi connectivity index (χ0v) is 14.2. The Morgan fingerprint density at radius 1 is 1.37 bits per heavy atom. The molecule has 0 heterocycles. The molecule has 0 bridgehead atoms. The van der Waals surface area contributed by atoms with E-state index in [-0.39, 0.29) is 6.04 Å². The molecule has 2 atom stereocenters. The first kappa shape index (κ1) is 15.4. The second-order valence-corrected chi connectivity index (χ2v) is 8.60. The highest BCUT2D eigenvalue weighted by atomic mass is 79.9. The summed E-state index contributed by atoms with van der Waals surface area (Å²) < 4.78 is 28.2. The molecule has 1 fully saturated rings. The highest BCUT2D eigenvalue weighted by molar-refractivity contribution is 9.10. The van der Waals surface area contributed by atoms with Crippen molar-refractivity contribution in [3.8, 4) is 0 Å². The van der Waals surface area contributed by atoms with E-state index in [9.17, 15) is 8.42 Å². The SMILES string of the molecule is CSC1CCC(NS(=O)(=O)c2ccc(C)cc2Br)C1. The molecule has 0 amide bonds. The minimum atomic E-state index is -3.43. The maximum Gasteiger partial charge on any atom is 0.241 e. The van der Waals surface area contributed by atoms with Crippen molar-refractivity contribution < 1.29 is 8.42 Å². The van der Waals surface area contributed by atoms with Gasteiger partial charge in [-0.15, -0.1) is 0 Å². The molecule has 3 nitrogen and oxygen atoms in total. The van der Waals surface area contributed by atoms with Crippen LogP contribution in [0.5, 0.6) is 0 Å². The summed E-state index contributed by atoms with van der Waals surface area (Å²) in [5.74, 6) is 0. The Hall–Kier alpha value is -0.0400. The number of benzene rings is 1. The quantitative estimate of drug-likeness (QED) is 0.892. The van der Waals surface area contributed by atoms with Crippen molar-refractivity contribution in [3.05, 3.63) is 28.2 Å². The van der Waals surface area contributed by atoms with Gasteiger partial charge < -0.3 is 0 Å². The Morgan fingerprint density at radius 3 is 2.68 bits per heavy atom. The van der Waals surface area contributed by atoms with E-state index < -0.39 is 10.0 Å². The van der Waals surface area contributed by atoms with Crippen LogP contribution >= 0.6 is 27.7 Å². The third-order valence-corrected chi connectivity index (χ3v) is 7.01. The lowest BCUT2D eigenvalue weighted by Gasteiger charge is -2.14. The predicted molar refractivity (Wildman–Crippen MR) is 84.1 cm³/mol. The monoisotopic (exact) mass is 363 g/mol. The van der Waals surface area contributed by atoms with Crippen LogP contribution in [0.2, 0.25) is 0 Å². The molecule has 1 aliphatic carbocycles. The van der Waals surface area contributed by atoms with E-state index in [1.165, 1.54) is 0 Å². The predicted octanol–water partition coefficient (Wildman–Crippen LogP) is 3.32. The fourth-order valence-corrected chi connectivity index (χ4v) is 5.64. The normalized spacial score (nSPS) is 23.7. The molecule has 0 saturated heterocycles. The van der Waals surface area contributed by atoms with Crippen molar-refractivity contribution in [2.24, 2.45) is 0 Å². The summed E-state index contributed by atoms with van der Waals surface area (Å²) in [5, 5.41) is 0.578. The molecule has 106 valence electrons. The fourth-order valence-electron chi connectivity index (χ4n) is 2.37. The van der Waals surface area contributed by atoms with Gasteiger partial charge in [0, 0.05) is 15.8 Å². The van der Waals surface area contributed by atoms with Crippen LogP contribution in [0.25, 0.3) is 0 Å². The molecule has 2 rings (SSSR count). The third-order valence-electron chi connectivity index (χ3n) is 3.42. The number of hydrogen-bond acceptors (Lipinski definition) is 3. The maximum atomic E-state index is 12.4. The average Bonchev–Trinajstić information content (AvgIpc) is 2.75. The summed E-state index contributed by atoms with van der Waals surface area (Å²) in [4.78, 5) is 0.325. The minimum Gasteiger partial charge on any atom is -0.208 e. The number of nitrogens with one attached hydrogen (secondary N) is 1. The summed E-state index contributed by atoms with van der Waals surface area (Å²) in [6.45, 7) is 1.94. The molecule has 1 saturated carbocycles. The summed E-state index contributed by atoms with van der Waals surface area (Å²) >= 11 is 5.15. The lowest BCUT2D eigenvalue weighted by atomic mass is 10.2. The molecule has 1 N–H and O–H groups in total. The molecule has 0 radical (unpaired) electrons. The van der Waals surface area contributed by atoms with E-state index in [1.807, 2.05) is 30.8 Å². The number of rotatable bonds is 4. The van der Waals surface area contributed by atoms with Gasteiger partial charge >= 0.3 is 0 Å². The highest BCUT2D eigenvalue weighted by Gasteiger charge is 2.29. The number of thioether (sulfide) groups is 1. The van der Waals surface area contributed by atoms with Crippen LogP contribution < -0.4 is 4.72 Å². The van der Waals surface area contributed by atoms with Gasteiger partial charge in [0.25, 0.3) is 0 Å². The third kappa shape index (κ3) is 3.74. The Balaban J connectivity index is 2.14. The van der Waals surface area contributed by atoms with Crippen molar-refractivity contribution in [2.75, 3.05) is 6.26 Å². The molecule has 2 unspecified atom stereocenters. The van der Waals surface area contributed by atoms with Gasteiger partial charge in [0.2, 0.25) is 10.0 Å². The van der Waals surface area contributed by atoms with Crippen LogP contribution in [-0.2, 0) is 10.0 Å². The van der Waals surface area contributed by atoms with E-state index in [1.54, 1.807) is 6.07 Å². The van der Waals surface area contributed by atoms with Crippen LogP contribution in [0.4, 0.5) is 0 Å². The van der Waals surface area contributed by atoms with Gasteiger partial charge in [-0.1, -0.05) is 6.07 Å². The van der Waals surface area contributed by atoms with Crippen LogP contribution in [0.3, 0.4) is 0 Å². The summed E-state index contributed by atoms with van der Waals surface area (Å²) in [5.41, 5.74) is 1.04. The molecule has 1 aliphatic rings. The smallest absolute Gasteiger partial charge is 0.208 e. The average molecular weight is 364 g/mol. The second-order valence-electron chi connectivity index (χ2n) is 4.92. The van der Waals surface area contributed by atoms with Gasteiger partial charge in [-0.3, -0.25) is 0 Å². The first-order valence-corrected chi connectivity index (χ1v) is 9.80. The first-order chi connectivity index (χ1) is 8.92. The Morgan fingerprint density at radius 2 is 2.11 bits per heavy atom. The molecule has 1 aromatic carbocycles. The molecule has 6 heteroatoms. The lowest BCUT2D eigenvalue weighted by molar-refractivity contribution is 0.552. The molecule has 0 aliphatic heterocycles. The summed E-state index contributed by atoms with van der Waals surface area (Å²) in [7, 11) is -3.43. The number of halogens is 1. The molecular weight excluding hydrogens is 346 g/mol. The fraction of sp³-hybridized carbons (Fsp3) is 0.538. The standard InChI is InChI=1S/C13H18BrNO2S2/c1-9-3-6-13(12(14)7-9)19(16,17)15-10-4-5-11(8-10)18-2/h3,6-7,10-11,15H,4-5,8H2,1-2H3. The number of aryl methyl sites for hydroxylation is 1. The maximum absolute atomic E-state index is 12.4. The van der Waals surface area contributed by atoms with Gasteiger partial charge in [-0.2, -0.15) is 11.8 Å². The van der Waals surface area contributed by atoms with Crippen molar-refractivity contribution in [1.82, 2.24) is 4.72 Å². The van der Waals surface area contributed by atoms with E-state index in [0.717, 1.165) is 24.8 Å². The zero-order valence-electron chi connectivity index (χ0n) is 11.0. The topological polar surface area (TPSA) is 46.2 Å². The van der Waals surface area contributed by atoms with Crippen LogP contribution in [0, 0.1) is 6.92 Å². The number of hydrogen-bond donors (Lipinski definition) is 1. The van der Waals surface area contributed by atoms with Crippen LogP contribution in [-0.4, -0.2) is 26.0 Å². The van der Waals surface area contributed by atoms with Gasteiger partial charge in [-0.25, -0.2) is 13.1 Å². The van der Waals surface area contributed by atoms with Crippen LogP contribution in [0.15, 0.2) is 27.6 Å². The zero-order chi connectivity index (χ0) is 14.0. The largest absolute Gasteiger partial charge is 0.241 e. The highest BCUT2D eigenvalue weighted by Crippen LogP contribution is 2.30. The Labute approximate surface area is 127 Å². The molecule has 0 aromatic heterocycles. The van der Waals surface area contributed by atoms with E-state index in [4.69, 9.17) is 0 Å². The molecule has 1 aromatic rings.